The molecule has 5 nitrogen and oxygen atoms in total. The standard InChI is InChI=1S/C24H17F3N4O/c25-19-9-18(10-20(26)11-19)24(12-31-15-28-14-29-31)13-32-23(30-24)21-7-6-17(8-22(21)27)16-4-2-1-3-5-16/h1-11,14-15H,12-13H2. The predicted octanol–water partition coefficient (Wildman–Crippen LogP) is 4.73. The summed E-state index contributed by atoms with van der Waals surface area (Å²) in [5, 5.41) is 4.07. The maximum Gasteiger partial charge on any atom is 0.220 e. The second-order valence-corrected chi connectivity index (χ2v) is 7.55. The van der Waals surface area contributed by atoms with Gasteiger partial charge in [0.2, 0.25) is 5.90 Å². The van der Waals surface area contributed by atoms with Gasteiger partial charge in [-0.3, -0.25) is 4.68 Å². The third kappa shape index (κ3) is 3.75. The van der Waals surface area contributed by atoms with E-state index in [2.05, 4.69) is 15.1 Å². The SMILES string of the molecule is Fc1cc(F)cc(C2(Cn3cncn3)COC(c3ccc(-c4ccccc4)cc3F)=N2)c1. The Morgan fingerprint density at radius 1 is 0.906 bits per heavy atom. The van der Waals surface area contributed by atoms with E-state index in [9.17, 15) is 8.78 Å². The van der Waals surface area contributed by atoms with Gasteiger partial charge in [0.1, 0.15) is 42.3 Å². The number of aliphatic imine (C=N–C) groups is 1. The smallest absolute Gasteiger partial charge is 0.220 e. The van der Waals surface area contributed by atoms with Gasteiger partial charge in [-0.2, -0.15) is 5.10 Å². The number of ether oxygens (including phenoxy) is 1. The normalized spacial score (nSPS) is 17.8. The second-order valence-electron chi connectivity index (χ2n) is 7.55. The lowest BCUT2D eigenvalue weighted by Crippen LogP contribution is -2.32. The van der Waals surface area contributed by atoms with Crippen molar-refractivity contribution in [2.45, 2.75) is 12.1 Å². The summed E-state index contributed by atoms with van der Waals surface area (Å²) in [7, 11) is 0. The first kappa shape index (κ1) is 20.0. The molecule has 0 radical (unpaired) electrons. The van der Waals surface area contributed by atoms with Gasteiger partial charge in [-0.1, -0.05) is 36.4 Å². The van der Waals surface area contributed by atoms with E-state index in [1.165, 1.54) is 35.5 Å². The van der Waals surface area contributed by atoms with E-state index < -0.39 is 23.0 Å². The van der Waals surface area contributed by atoms with Gasteiger partial charge in [0.15, 0.2) is 0 Å². The number of hydrogen-bond donors (Lipinski definition) is 0. The minimum absolute atomic E-state index is 0.0367. The fourth-order valence-electron chi connectivity index (χ4n) is 3.81. The van der Waals surface area contributed by atoms with Crippen molar-refractivity contribution in [1.82, 2.24) is 14.8 Å². The molecule has 3 aromatic carbocycles. The van der Waals surface area contributed by atoms with Crippen LogP contribution in [0.3, 0.4) is 0 Å². The predicted molar refractivity (Wildman–Crippen MR) is 112 cm³/mol. The van der Waals surface area contributed by atoms with Crippen LogP contribution in [-0.2, 0) is 16.8 Å². The van der Waals surface area contributed by atoms with E-state index in [1.54, 1.807) is 12.1 Å². The van der Waals surface area contributed by atoms with E-state index >= 15 is 4.39 Å². The molecule has 1 unspecified atom stereocenters. The Bertz CT molecular complexity index is 1270. The van der Waals surface area contributed by atoms with Crippen molar-refractivity contribution in [2.75, 3.05) is 6.61 Å². The molecule has 0 fully saturated rings. The molecule has 32 heavy (non-hydrogen) atoms. The first-order valence-corrected chi connectivity index (χ1v) is 9.89. The molecule has 0 bridgehead atoms. The molecule has 160 valence electrons. The first-order valence-electron chi connectivity index (χ1n) is 9.89. The number of benzene rings is 3. The van der Waals surface area contributed by atoms with Crippen LogP contribution in [-0.4, -0.2) is 27.3 Å². The quantitative estimate of drug-likeness (QED) is 0.456. The van der Waals surface area contributed by atoms with Crippen LogP contribution in [0.2, 0.25) is 0 Å². The van der Waals surface area contributed by atoms with E-state index in [4.69, 9.17) is 4.74 Å². The van der Waals surface area contributed by atoms with Crippen molar-refractivity contribution in [2.24, 2.45) is 4.99 Å². The van der Waals surface area contributed by atoms with Crippen molar-refractivity contribution in [3.63, 3.8) is 0 Å². The van der Waals surface area contributed by atoms with Crippen LogP contribution >= 0.6 is 0 Å². The number of rotatable bonds is 5. The molecular weight excluding hydrogens is 417 g/mol. The monoisotopic (exact) mass is 434 g/mol. The molecule has 0 amide bonds. The van der Waals surface area contributed by atoms with E-state index in [-0.39, 0.29) is 30.2 Å². The molecule has 5 rings (SSSR count). The molecule has 1 atom stereocenters. The molecule has 8 heteroatoms. The summed E-state index contributed by atoms with van der Waals surface area (Å²) in [5.41, 5.74) is 0.828. The summed E-state index contributed by atoms with van der Waals surface area (Å²) in [5.74, 6) is -1.92. The Morgan fingerprint density at radius 2 is 1.69 bits per heavy atom. The molecule has 4 aromatic rings. The van der Waals surface area contributed by atoms with Crippen LogP contribution in [0.25, 0.3) is 11.1 Å². The van der Waals surface area contributed by atoms with Crippen LogP contribution in [0.15, 0.2) is 84.4 Å². The van der Waals surface area contributed by atoms with Gasteiger partial charge in [-0.15, -0.1) is 0 Å². The average Bonchev–Trinajstić information content (AvgIpc) is 3.45. The minimum Gasteiger partial charge on any atom is -0.474 e. The highest BCUT2D eigenvalue weighted by atomic mass is 19.1. The lowest BCUT2D eigenvalue weighted by molar-refractivity contribution is 0.229. The van der Waals surface area contributed by atoms with Crippen molar-refractivity contribution >= 4 is 5.90 Å². The molecule has 0 saturated heterocycles. The molecule has 0 spiro atoms. The zero-order valence-electron chi connectivity index (χ0n) is 16.8. The maximum absolute atomic E-state index is 15.0. The number of hydrogen-bond acceptors (Lipinski definition) is 4. The Balaban J connectivity index is 1.56. The van der Waals surface area contributed by atoms with E-state index in [0.717, 1.165) is 11.6 Å². The zero-order chi connectivity index (χ0) is 22.1. The summed E-state index contributed by atoms with van der Waals surface area (Å²) in [4.78, 5) is 8.52. The van der Waals surface area contributed by atoms with Crippen molar-refractivity contribution in [3.05, 3.63) is 108 Å². The fourth-order valence-corrected chi connectivity index (χ4v) is 3.81. The first-order chi connectivity index (χ1) is 15.5. The average molecular weight is 434 g/mol. The lowest BCUT2D eigenvalue weighted by Gasteiger charge is -2.24. The van der Waals surface area contributed by atoms with Crippen LogP contribution in [0, 0.1) is 17.5 Å². The number of halogens is 3. The third-order valence-electron chi connectivity index (χ3n) is 5.36. The molecule has 1 aromatic heterocycles. The Labute approximate surface area is 181 Å². The number of nitrogens with zero attached hydrogens (tertiary/aromatic N) is 4. The molecule has 1 aliphatic rings. The van der Waals surface area contributed by atoms with Gasteiger partial charge in [0.05, 0.1) is 12.1 Å². The van der Waals surface area contributed by atoms with Crippen LogP contribution in [0.4, 0.5) is 13.2 Å². The van der Waals surface area contributed by atoms with Crippen LogP contribution < -0.4 is 0 Å². The Morgan fingerprint density at radius 3 is 2.38 bits per heavy atom. The van der Waals surface area contributed by atoms with Gasteiger partial charge in [-0.25, -0.2) is 23.1 Å². The van der Waals surface area contributed by atoms with Gasteiger partial charge in [-0.05, 0) is 41.0 Å². The lowest BCUT2D eigenvalue weighted by atomic mass is 9.91. The molecular formula is C24H17F3N4O. The molecule has 0 saturated carbocycles. The van der Waals surface area contributed by atoms with Gasteiger partial charge < -0.3 is 4.74 Å². The fraction of sp³-hybridized carbons (Fsp3) is 0.125. The summed E-state index contributed by atoms with van der Waals surface area (Å²) in [6, 6.07) is 17.4. The topological polar surface area (TPSA) is 52.3 Å². The highest BCUT2D eigenvalue weighted by Gasteiger charge is 2.41. The second kappa shape index (κ2) is 7.96. The summed E-state index contributed by atoms with van der Waals surface area (Å²) < 4.78 is 50.3. The van der Waals surface area contributed by atoms with Crippen molar-refractivity contribution in [1.29, 1.82) is 0 Å². The Kier molecular flexibility index (Phi) is 4.97. The third-order valence-corrected chi connectivity index (χ3v) is 5.36. The zero-order valence-corrected chi connectivity index (χ0v) is 16.8. The highest BCUT2D eigenvalue weighted by Crippen LogP contribution is 2.36. The van der Waals surface area contributed by atoms with E-state index in [0.29, 0.717) is 5.56 Å². The van der Waals surface area contributed by atoms with Crippen molar-refractivity contribution < 1.29 is 17.9 Å². The Hall–Kier alpha value is -3.94. The van der Waals surface area contributed by atoms with Crippen molar-refractivity contribution in [3.8, 4) is 11.1 Å². The summed E-state index contributed by atoms with van der Waals surface area (Å²) >= 11 is 0. The summed E-state index contributed by atoms with van der Waals surface area (Å²) in [6.45, 7) is 0.0775. The molecule has 2 heterocycles. The molecule has 1 aliphatic heterocycles. The van der Waals surface area contributed by atoms with Crippen LogP contribution in [0.1, 0.15) is 11.1 Å². The molecule has 0 aliphatic carbocycles. The maximum atomic E-state index is 15.0. The van der Waals surface area contributed by atoms with Gasteiger partial charge >= 0.3 is 0 Å². The molecule has 0 N–H and O–H groups in total. The van der Waals surface area contributed by atoms with Gasteiger partial charge in [0.25, 0.3) is 0 Å². The van der Waals surface area contributed by atoms with E-state index in [1.807, 2.05) is 30.3 Å². The minimum atomic E-state index is -1.20. The summed E-state index contributed by atoms with van der Waals surface area (Å²) in [6.07, 6.45) is 2.82. The number of aromatic nitrogens is 3. The largest absolute Gasteiger partial charge is 0.474 e. The van der Waals surface area contributed by atoms with Crippen LogP contribution in [0.5, 0.6) is 0 Å². The highest BCUT2D eigenvalue weighted by molar-refractivity contribution is 5.96. The van der Waals surface area contributed by atoms with Gasteiger partial charge in [0, 0.05) is 6.07 Å².